The second kappa shape index (κ2) is 6.32. The van der Waals surface area contributed by atoms with Crippen molar-refractivity contribution in [2.24, 2.45) is 0 Å². The lowest BCUT2D eigenvalue weighted by Gasteiger charge is -2.12. The maximum atomic E-state index is 12.6. The van der Waals surface area contributed by atoms with Crippen molar-refractivity contribution in [2.75, 3.05) is 11.8 Å². The summed E-state index contributed by atoms with van der Waals surface area (Å²) in [4.78, 5) is 8.26. The summed E-state index contributed by atoms with van der Waals surface area (Å²) in [6, 6.07) is 8.33. The van der Waals surface area contributed by atoms with Gasteiger partial charge in [0.1, 0.15) is 22.8 Å². The normalized spacial score (nSPS) is 11.2. The van der Waals surface area contributed by atoms with Gasteiger partial charge >= 0.3 is 0 Å². The quantitative estimate of drug-likeness (QED) is 0.768. The first-order chi connectivity index (χ1) is 11.5. The van der Waals surface area contributed by atoms with Crippen molar-refractivity contribution in [2.45, 2.75) is 11.8 Å². The molecule has 124 valence electrons. The predicted octanol–water partition coefficient (Wildman–Crippen LogP) is 2.39. The lowest BCUT2D eigenvalue weighted by molar-refractivity contribution is 0.402. The van der Waals surface area contributed by atoms with Crippen LogP contribution in [0.5, 0.6) is 5.75 Å². The Labute approximate surface area is 140 Å². The van der Waals surface area contributed by atoms with E-state index >= 15 is 0 Å². The number of hydrogen-bond acceptors (Lipinski definition) is 5. The number of sulfonamides is 1. The Morgan fingerprint density at radius 3 is 2.67 bits per heavy atom. The van der Waals surface area contributed by atoms with Crippen LogP contribution in [-0.2, 0) is 10.0 Å². The van der Waals surface area contributed by atoms with Crippen LogP contribution in [0.4, 0.5) is 5.69 Å². The molecule has 0 aliphatic heterocycles. The minimum atomic E-state index is -3.78. The van der Waals surface area contributed by atoms with Gasteiger partial charge in [0, 0.05) is 12.4 Å². The van der Waals surface area contributed by atoms with Gasteiger partial charge in [-0.1, -0.05) is 6.07 Å². The number of anilines is 1. The molecule has 0 fully saturated rings. The zero-order valence-corrected chi connectivity index (χ0v) is 14.0. The van der Waals surface area contributed by atoms with E-state index in [4.69, 9.17) is 4.74 Å². The van der Waals surface area contributed by atoms with Crippen LogP contribution in [0.1, 0.15) is 5.56 Å². The van der Waals surface area contributed by atoms with Gasteiger partial charge in [-0.15, -0.1) is 0 Å². The predicted molar refractivity (Wildman–Crippen MR) is 89.9 cm³/mol. The Morgan fingerprint density at radius 1 is 1.21 bits per heavy atom. The smallest absolute Gasteiger partial charge is 0.265 e. The van der Waals surface area contributed by atoms with Crippen LogP contribution >= 0.6 is 0 Å². The maximum Gasteiger partial charge on any atom is 0.265 e. The van der Waals surface area contributed by atoms with Crippen molar-refractivity contribution < 1.29 is 13.2 Å². The molecular weight excluding hydrogens is 328 g/mol. The van der Waals surface area contributed by atoms with Gasteiger partial charge in [0.05, 0.1) is 19.0 Å². The van der Waals surface area contributed by atoms with Gasteiger partial charge in [0.25, 0.3) is 10.0 Å². The van der Waals surface area contributed by atoms with Crippen molar-refractivity contribution in [3.63, 3.8) is 0 Å². The summed E-state index contributed by atoms with van der Waals surface area (Å²) in [7, 11) is -2.34. The fourth-order valence-corrected chi connectivity index (χ4v) is 3.50. The summed E-state index contributed by atoms with van der Waals surface area (Å²) in [5, 5.41) is 0. The molecule has 3 aromatic rings. The van der Waals surface area contributed by atoms with E-state index in [2.05, 4.69) is 14.7 Å². The molecule has 1 N–H and O–H groups in total. The second-order valence-electron chi connectivity index (χ2n) is 5.13. The Bertz CT molecular complexity index is 936. The molecule has 1 aromatic carbocycles. The van der Waals surface area contributed by atoms with Crippen LogP contribution in [-0.4, -0.2) is 30.1 Å². The van der Waals surface area contributed by atoms with Gasteiger partial charge in [-0.3, -0.25) is 9.29 Å². The largest absolute Gasteiger partial charge is 0.495 e. The number of rotatable bonds is 5. The zero-order valence-electron chi connectivity index (χ0n) is 13.2. The molecule has 0 saturated carbocycles. The lowest BCUT2D eigenvalue weighted by Crippen LogP contribution is -2.14. The topological polar surface area (TPSA) is 86.1 Å². The Hall–Kier alpha value is -2.87. The molecule has 0 spiro atoms. The number of nitrogens with one attached hydrogen (secondary N) is 1. The molecular formula is C16H16N4O3S. The molecule has 2 aromatic heterocycles. The van der Waals surface area contributed by atoms with Gasteiger partial charge in [-0.25, -0.2) is 18.4 Å². The standard InChI is InChI=1S/C16H16N4O3S/c1-12-3-5-14(23-2)15(9-12)24(21,22)19-13-4-6-16(18-10-13)20-8-7-17-11-20/h3-11,19H,1-2H3. The second-order valence-corrected chi connectivity index (χ2v) is 6.79. The van der Waals surface area contributed by atoms with Crippen molar-refractivity contribution in [3.8, 4) is 11.6 Å². The highest BCUT2D eigenvalue weighted by molar-refractivity contribution is 7.92. The van der Waals surface area contributed by atoms with Crippen molar-refractivity contribution in [1.82, 2.24) is 14.5 Å². The molecule has 24 heavy (non-hydrogen) atoms. The summed E-state index contributed by atoms with van der Waals surface area (Å²) >= 11 is 0. The molecule has 2 heterocycles. The van der Waals surface area contributed by atoms with Crippen LogP contribution in [0.3, 0.4) is 0 Å². The number of aryl methyl sites for hydroxylation is 1. The minimum absolute atomic E-state index is 0.0867. The van der Waals surface area contributed by atoms with E-state index in [0.717, 1.165) is 5.56 Å². The highest BCUT2D eigenvalue weighted by Crippen LogP contribution is 2.26. The van der Waals surface area contributed by atoms with E-state index in [1.54, 1.807) is 53.6 Å². The summed E-state index contributed by atoms with van der Waals surface area (Å²) < 4.78 is 34.6. The summed E-state index contributed by atoms with van der Waals surface area (Å²) in [5.41, 5.74) is 1.19. The molecule has 0 saturated heterocycles. The SMILES string of the molecule is COc1ccc(C)cc1S(=O)(=O)Nc1ccc(-n2ccnc2)nc1. The third-order valence-electron chi connectivity index (χ3n) is 3.38. The number of hydrogen-bond donors (Lipinski definition) is 1. The molecule has 0 aliphatic rings. The van der Waals surface area contributed by atoms with Gasteiger partial charge in [0.15, 0.2) is 0 Å². The maximum absolute atomic E-state index is 12.6. The number of aromatic nitrogens is 3. The molecule has 7 nitrogen and oxygen atoms in total. The van der Waals surface area contributed by atoms with Gasteiger partial charge < -0.3 is 4.74 Å². The summed E-state index contributed by atoms with van der Waals surface area (Å²) in [6.45, 7) is 1.82. The number of methoxy groups -OCH3 is 1. The average molecular weight is 344 g/mol. The van der Waals surface area contributed by atoms with Gasteiger partial charge in [0.2, 0.25) is 0 Å². The van der Waals surface area contributed by atoms with Crippen LogP contribution in [0, 0.1) is 6.92 Å². The molecule has 8 heteroatoms. The molecule has 0 unspecified atom stereocenters. The van der Waals surface area contributed by atoms with E-state index in [1.165, 1.54) is 13.3 Å². The average Bonchev–Trinajstić information content (AvgIpc) is 3.10. The first-order valence-electron chi connectivity index (χ1n) is 7.11. The summed E-state index contributed by atoms with van der Waals surface area (Å²) in [6.07, 6.45) is 6.46. The zero-order chi connectivity index (χ0) is 17.2. The van der Waals surface area contributed by atoms with Crippen LogP contribution in [0.25, 0.3) is 5.82 Å². The monoisotopic (exact) mass is 344 g/mol. The number of nitrogens with zero attached hydrogens (tertiary/aromatic N) is 3. The highest BCUT2D eigenvalue weighted by atomic mass is 32.2. The molecule has 0 radical (unpaired) electrons. The number of pyridine rings is 1. The lowest BCUT2D eigenvalue weighted by atomic mass is 10.2. The minimum Gasteiger partial charge on any atom is -0.495 e. The number of ether oxygens (including phenoxy) is 1. The molecule has 0 aliphatic carbocycles. The highest BCUT2D eigenvalue weighted by Gasteiger charge is 2.20. The molecule has 0 bridgehead atoms. The first-order valence-corrected chi connectivity index (χ1v) is 8.60. The Morgan fingerprint density at radius 2 is 2.04 bits per heavy atom. The van der Waals surface area contributed by atoms with Crippen molar-refractivity contribution in [1.29, 1.82) is 0 Å². The molecule has 0 atom stereocenters. The Balaban J connectivity index is 1.88. The van der Waals surface area contributed by atoms with E-state index in [9.17, 15) is 8.42 Å². The van der Waals surface area contributed by atoms with E-state index < -0.39 is 10.0 Å². The van der Waals surface area contributed by atoms with E-state index in [-0.39, 0.29) is 10.6 Å². The first kappa shape index (κ1) is 16.0. The van der Waals surface area contributed by atoms with Crippen LogP contribution in [0.15, 0.2) is 60.1 Å². The van der Waals surface area contributed by atoms with Crippen molar-refractivity contribution >= 4 is 15.7 Å². The Kier molecular flexibility index (Phi) is 4.22. The van der Waals surface area contributed by atoms with Crippen molar-refractivity contribution in [3.05, 3.63) is 60.8 Å². The number of imidazole rings is 1. The third-order valence-corrected chi connectivity index (χ3v) is 4.78. The fourth-order valence-electron chi connectivity index (χ4n) is 2.20. The molecule has 3 rings (SSSR count). The van der Waals surface area contributed by atoms with E-state index in [0.29, 0.717) is 11.5 Å². The number of benzene rings is 1. The van der Waals surface area contributed by atoms with Gasteiger partial charge in [-0.05, 0) is 36.8 Å². The van der Waals surface area contributed by atoms with Crippen LogP contribution in [0.2, 0.25) is 0 Å². The molecule has 0 amide bonds. The van der Waals surface area contributed by atoms with E-state index in [1.807, 2.05) is 6.92 Å². The third kappa shape index (κ3) is 3.23. The van der Waals surface area contributed by atoms with Crippen LogP contribution < -0.4 is 9.46 Å². The fraction of sp³-hybridized carbons (Fsp3) is 0.125. The summed E-state index contributed by atoms with van der Waals surface area (Å²) in [5.74, 6) is 0.930. The van der Waals surface area contributed by atoms with Gasteiger partial charge in [-0.2, -0.15) is 0 Å².